The van der Waals surface area contributed by atoms with Gasteiger partial charge in [0.2, 0.25) is 0 Å². The second-order valence-electron chi connectivity index (χ2n) is 3.91. The molecule has 0 radical (unpaired) electrons. The van der Waals surface area contributed by atoms with Gasteiger partial charge in [0.1, 0.15) is 6.54 Å². The molecule has 0 unspecified atom stereocenters. The highest BCUT2D eigenvalue weighted by Crippen LogP contribution is 2.40. The fraction of sp³-hybridized carbons (Fsp3) is 0.250. The number of nitrogens with zero attached hydrogens (tertiary/aromatic N) is 6. The summed E-state index contributed by atoms with van der Waals surface area (Å²) in [7, 11) is 0. The van der Waals surface area contributed by atoms with Crippen LogP contribution in [0.15, 0.2) is 12.1 Å². The Labute approximate surface area is 140 Å². The summed E-state index contributed by atoms with van der Waals surface area (Å²) in [5.74, 6) is 0. The quantitative estimate of drug-likeness (QED) is 0.489. The number of aliphatic hydroxyl groups is 1. The van der Waals surface area contributed by atoms with Crippen molar-refractivity contribution in [3.05, 3.63) is 67.9 Å². The lowest BCUT2D eigenvalue weighted by Crippen LogP contribution is -2.33. The molecule has 18 heteroatoms. The van der Waals surface area contributed by atoms with Gasteiger partial charge in [-0.1, -0.05) is 5.01 Å². The predicted molar refractivity (Wildman–Crippen MR) is 78.2 cm³/mol. The number of non-ortho nitro benzene ring substituents is 1. The Balaban J connectivity index is 0.00000141. The molecule has 26 heavy (non-hydrogen) atoms. The van der Waals surface area contributed by atoms with Crippen molar-refractivity contribution in [1.29, 1.82) is 0 Å². The third-order valence-corrected chi connectivity index (χ3v) is 2.43. The summed E-state index contributed by atoms with van der Waals surface area (Å²) in [6, 6.07) is 0.742. The van der Waals surface area contributed by atoms with Crippen LogP contribution in [0, 0.1) is 55.8 Å². The summed E-state index contributed by atoms with van der Waals surface area (Å²) in [4.78, 5) is 48.2. The normalized spacial score (nSPS) is 9.42. The summed E-state index contributed by atoms with van der Waals surface area (Å²) in [6.45, 7) is -1.61. The van der Waals surface area contributed by atoms with E-state index in [1.165, 1.54) is 0 Å². The van der Waals surface area contributed by atoms with E-state index in [9.17, 15) is 40.5 Å². The van der Waals surface area contributed by atoms with E-state index in [2.05, 4.69) is 0 Å². The lowest BCUT2D eigenvalue weighted by atomic mass is 10.2. The third kappa shape index (κ3) is 5.77. The van der Waals surface area contributed by atoms with Crippen molar-refractivity contribution in [2.75, 3.05) is 18.2 Å². The molecule has 0 atom stereocenters. The smallest absolute Gasteiger partial charge is 0.312 e. The molecular formula is C8H7N6O12-. The largest absolute Gasteiger partial charge is 0.394 e. The van der Waals surface area contributed by atoms with Crippen LogP contribution in [0.2, 0.25) is 0 Å². The number of nitro benzene ring substituents is 3. The molecular weight excluding hydrogens is 372 g/mol. The molecule has 1 aromatic carbocycles. The Kier molecular flexibility index (Phi) is 7.68. The summed E-state index contributed by atoms with van der Waals surface area (Å²) in [5.41, 5.74) is -4.40. The Morgan fingerprint density at radius 3 is 1.42 bits per heavy atom. The minimum Gasteiger partial charge on any atom is -0.394 e. The molecule has 1 N–H and O–H groups in total. The van der Waals surface area contributed by atoms with Crippen molar-refractivity contribution >= 4 is 22.7 Å². The first-order valence-electron chi connectivity index (χ1n) is 5.89. The maximum Gasteiger partial charge on any atom is 0.312 e. The standard InChI is InChI=1S/C8H7N5O9.NO3/c14-2-1-9(13(21)22)8-6(11(17)18)3-5(10(15)16)4-7(8)12(19)20;2-1(3)4/h3-4,14H,1-2H2;/q;-1. The number of benzene rings is 1. The van der Waals surface area contributed by atoms with Crippen molar-refractivity contribution in [2.24, 2.45) is 0 Å². The number of rotatable bonds is 7. The van der Waals surface area contributed by atoms with Gasteiger partial charge in [-0.25, -0.2) is 10.1 Å². The van der Waals surface area contributed by atoms with Crippen LogP contribution in [0.3, 0.4) is 0 Å². The van der Waals surface area contributed by atoms with Gasteiger partial charge in [-0.3, -0.25) is 30.3 Å². The lowest BCUT2D eigenvalue weighted by Gasteiger charge is -2.12. The number of aliphatic hydroxyl groups excluding tert-OH is 1. The van der Waals surface area contributed by atoms with Gasteiger partial charge in [0.15, 0.2) is 5.03 Å². The van der Waals surface area contributed by atoms with E-state index in [1.54, 1.807) is 0 Å². The van der Waals surface area contributed by atoms with Crippen LogP contribution in [0.4, 0.5) is 22.7 Å². The molecule has 18 nitrogen and oxygen atoms in total. The predicted octanol–water partition coefficient (Wildman–Crippen LogP) is 0.162. The number of hydrogen-bond acceptors (Lipinski definition) is 12. The zero-order chi connectivity index (χ0) is 20.6. The monoisotopic (exact) mass is 379 g/mol. The van der Waals surface area contributed by atoms with E-state index in [0.29, 0.717) is 12.1 Å². The van der Waals surface area contributed by atoms with E-state index < -0.39 is 60.8 Å². The van der Waals surface area contributed by atoms with Crippen LogP contribution >= 0.6 is 0 Å². The highest BCUT2D eigenvalue weighted by atomic mass is 16.9. The Morgan fingerprint density at radius 2 is 1.19 bits per heavy atom. The summed E-state index contributed by atoms with van der Waals surface area (Å²) >= 11 is 0. The van der Waals surface area contributed by atoms with Gasteiger partial charge >= 0.3 is 11.4 Å². The molecule has 0 aromatic heterocycles. The van der Waals surface area contributed by atoms with Crippen molar-refractivity contribution in [2.45, 2.75) is 0 Å². The van der Waals surface area contributed by atoms with E-state index in [1.807, 2.05) is 0 Å². The molecule has 0 amide bonds. The van der Waals surface area contributed by atoms with Gasteiger partial charge in [-0.15, -0.1) is 0 Å². The zero-order valence-electron chi connectivity index (χ0n) is 12.2. The van der Waals surface area contributed by atoms with Gasteiger partial charge in [-0.05, 0) is 0 Å². The van der Waals surface area contributed by atoms with Crippen molar-refractivity contribution in [3.8, 4) is 0 Å². The Morgan fingerprint density at radius 1 is 0.808 bits per heavy atom. The molecule has 1 aromatic rings. The molecule has 0 saturated carbocycles. The number of nitro groups is 4. The molecule has 0 aliphatic heterocycles. The molecule has 0 spiro atoms. The zero-order valence-corrected chi connectivity index (χ0v) is 12.2. The molecule has 0 saturated heterocycles. The van der Waals surface area contributed by atoms with Gasteiger partial charge in [-0.2, -0.15) is 0 Å². The number of hydrogen-bond donors (Lipinski definition) is 1. The lowest BCUT2D eigenvalue weighted by molar-refractivity contribution is -0.497. The second kappa shape index (κ2) is 9.17. The van der Waals surface area contributed by atoms with E-state index >= 15 is 0 Å². The molecule has 0 aliphatic rings. The Hall–Kier alpha value is -4.22. The summed E-state index contributed by atoms with van der Waals surface area (Å²) < 4.78 is 0. The van der Waals surface area contributed by atoms with E-state index in [0.717, 1.165) is 0 Å². The van der Waals surface area contributed by atoms with Gasteiger partial charge in [0.05, 0.1) is 38.6 Å². The number of anilines is 1. The van der Waals surface area contributed by atoms with Crippen molar-refractivity contribution < 1.29 is 30.0 Å². The van der Waals surface area contributed by atoms with Crippen LogP contribution in [-0.2, 0) is 0 Å². The highest BCUT2D eigenvalue weighted by molar-refractivity contribution is 5.77. The molecule has 1 rings (SSSR count). The van der Waals surface area contributed by atoms with Crippen molar-refractivity contribution in [3.63, 3.8) is 0 Å². The average molecular weight is 379 g/mol. The first-order chi connectivity index (χ1) is 11.9. The second-order valence-corrected chi connectivity index (χ2v) is 3.91. The fourth-order valence-electron chi connectivity index (χ4n) is 1.61. The van der Waals surface area contributed by atoms with Crippen LogP contribution in [-0.4, -0.2) is 43.1 Å². The van der Waals surface area contributed by atoms with Crippen LogP contribution in [0.25, 0.3) is 0 Å². The minimum absolute atomic E-state index is 0.0139. The fourth-order valence-corrected chi connectivity index (χ4v) is 1.61. The molecule has 0 heterocycles. The molecule has 0 fully saturated rings. The Bertz CT molecular complexity index is 710. The first kappa shape index (κ1) is 21.8. The van der Waals surface area contributed by atoms with E-state index in [-0.39, 0.29) is 5.01 Å². The van der Waals surface area contributed by atoms with Crippen LogP contribution < -0.4 is 5.01 Å². The maximum atomic E-state index is 11.0. The first-order valence-corrected chi connectivity index (χ1v) is 5.89. The average Bonchev–Trinajstić information content (AvgIpc) is 2.50. The highest BCUT2D eigenvalue weighted by Gasteiger charge is 2.38. The molecule has 0 bridgehead atoms. The molecule has 142 valence electrons. The third-order valence-electron chi connectivity index (χ3n) is 2.43. The number of hydrazine groups is 1. The van der Waals surface area contributed by atoms with Crippen LogP contribution in [0.1, 0.15) is 0 Å². The summed E-state index contributed by atoms with van der Waals surface area (Å²) in [6.07, 6.45) is 0. The topological polar surface area (TPSA) is 262 Å². The van der Waals surface area contributed by atoms with Gasteiger partial charge in [0, 0.05) is 0 Å². The van der Waals surface area contributed by atoms with Gasteiger partial charge in [0.25, 0.3) is 11.4 Å². The van der Waals surface area contributed by atoms with E-state index in [4.69, 9.17) is 20.4 Å². The maximum absolute atomic E-state index is 11.0. The molecule has 0 aliphatic carbocycles. The minimum atomic E-state index is -1.75. The van der Waals surface area contributed by atoms with Gasteiger partial charge < -0.3 is 20.4 Å². The van der Waals surface area contributed by atoms with Crippen LogP contribution in [0.5, 0.6) is 0 Å². The SMILES string of the molecule is O=[N+]([O-])[O-].O=[N+]([O-])c1cc([N+](=O)[O-])c(N(CCO)[N+](=O)[O-])c([N+](=O)[O-])c1. The van der Waals surface area contributed by atoms with Crippen molar-refractivity contribution in [1.82, 2.24) is 0 Å². The summed E-state index contributed by atoms with van der Waals surface area (Å²) in [5, 5.41) is 65.8.